The lowest BCUT2D eigenvalue weighted by Crippen LogP contribution is -2.43. The first-order valence-electron chi connectivity index (χ1n) is 9.98. The van der Waals surface area contributed by atoms with Gasteiger partial charge in [0.2, 0.25) is 17.3 Å². The summed E-state index contributed by atoms with van der Waals surface area (Å²) >= 11 is 0. The minimum Gasteiger partial charge on any atom is -0.493 e. The van der Waals surface area contributed by atoms with Crippen molar-refractivity contribution in [2.24, 2.45) is 5.92 Å². The van der Waals surface area contributed by atoms with Gasteiger partial charge in [-0.15, -0.1) is 0 Å². The first-order chi connectivity index (χ1) is 14.7. The third-order valence-electron chi connectivity index (χ3n) is 5.62. The number of ether oxygens (including phenoxy) is 3. The van der Waals surface area contributed by atoms with Crippen LogP contribution in [0, 0.1) is 5.92 Å². The van der Waals surface area contributed by atoms with E-state index in [-0.39, 0.29) is 35.4 Å². The molecule has 1 aromatic heterocycles. The predicted octanol–water partition coefficient (Wildman–Crippen LogP) is 4.65. The molecule has 30 heavy (non-hydrogen) atoms. The van der Waals surface area contributed by atoms with Crippen LogP contribution in [0.1, 0.15) is 29.8 Å². The van der Waals surface area contributed by atoms with Crippen molar-refractivity contribution >= 4 is 22.5 Å². The third kappa shape index (κ3) is 3.56. The molecule has 0 N–H and O–H groups in total. The number of benzene rings is 2. The number of carbonyl (C=O) groups excluding carboxylic acids is 2. The maximum Gasteiger partial charge on any atom is 0.374 e. The van der Waals surface area contributed by atoms with Crippen LogP contribution in [0.4, 0.5) is 0 Å². The highest BCUT2D eigenvalue weighted by molar-refractivity contribution is 5.97. The summed E-state index contributed by atoms with van der Waals surface area (Å²) in [5.74, 6) is 0.0957. The van der Waals surface area contributed by atoms with Crippen molar-refractivity contribution < 1.29 is 28.2 Å². The van der Waals surface area contributed by atoms with Gasteiger partial charge in [-0.1, -0.05) is 30.3 Å². The molecule has 6 nitrogen and oxygen atoms in total. The minimum absolute atomic E-state index is 0.0739. The SMILES string of the molecule is O=C(OC1CCC2C(=O)C(Oc3ccc4ccccc4c3)=COC2C1)c1ccco1. The zero-order valence-electron chi connectivity index (χ0n) is 16.2. The van der Waals surface area contributed by atoms with Gasteiger partial charge in [-0.2, -0.15) is 0 Å². The average Bonchev–Trinajstić information content (AvgIpc) is 3.31. The van der Waals surface area contributed by atoms with Crippen LogP contribution in [0.25, 0.3) is 10.8 Å². The number of furan rings is 1. The normalized spacial score (nSPS) is 23.3. The molecule has 0 spiro atoms. The summed E-state index contributed by atoms with van der Waals surface area (Å²) in [6, 6.07) is 16.9. The van der Waals surface area contributed by atoms with Crippen LogP contribution in [0.15, 0.2) is 77.3 Å². The lowest BCUT2D eigenvalue weighted by molar-refractivity contribution is -0.132. The zero-order chi connectivity index (χ0) is 20.5. The molecule has 6 heteroatoms. The highest BCUT2D eigenvalue weighted by atomic mass is 16.6. The van der Waals surface area contributed by atoms with Gasteiger partial charge >= 0.3 is 5.97 Å². The van der Waals surface area contributed by atoms with E-state index >= 15 is 0 Å². The summed E-state index contributed by atoms with van der Waals surface area (Å²) in [5.41, 5.74) is 0. The molecule has 0 amide bonds. The van der Waals surface area contributed by atoms with Crippen molar-refractivity contribution in [2.75, 3.05) is 0 Å². The molecule has 1 aliphatic heterocycles. The number of ketones is 1. The van der Waals surface area contributed by atoms with E-state index in [0.717, 1.165) is 10.8 Å². The number of Topliss-reactive ketones (excluding diaryl/α,β-unsaturated/α-hetero) is 1. The van der Waals surface area contributed by atoms with Crippen LogP contribution in [-0.2, 0) is 14.3 Å². The molecular formula is C24H20O6. The average molecular weight is 404 g/mol. The van der Waals surface area contributed by atoms with Gasteiger partial charge in [0.25, 0.3) is 0 Å². The summed E-state index contributed by atoms with van der Waals surface area (Å²) in [5, 5.41) is 2.14. The topological polar surface area (TPSA) is 75.0 Å². The van der Waals surface area contributed by atoms with Crippen LogP contribution < -0.4 is 4.74 Å². The monoisotopic (exact) mass is 404 g/mol. The molecule has 0 saturated heterocycles. The van der Waals surface area contributed by atoms with Crippen LogP contribution >= 0.6 is 0 Å². The molecule has 3 aromatic rings. The minimum atomic E-state index is -0.499. The molecule has 2 heterocycles. The van der Waals surface area contributed by atoms with Gasteiger partial charge in [-0.3, -0.25) is 4.79 Å². The number of hydrogen-bond donors (Lipinski definition) is 0. The van der Waals surface area contributed by atoms with Gasteiger partial charge < -0.3 is 18.6 Å². The fraction of sp³-hybridized carbons (Fsp3) is 0.250. The van der Waals surface area contributed by atoms with E-state index in [9.17, 15) is 9.59 Å². The number of carbonyl (C=O) groups is 2. The molecule has 1 fully saturated rings. The van der Waals surface area contributed by atoms with Crippen molar-refractivity contribution in [2.45, 2.75) is 31.5 Å². The van der Waals surface area contributed by atoms with Crippen LogP contribution in [0.5, 0.6) is 5.75 Å². The molecule has 0 bridgehead atoms. The van der Waals surface area contributed by atoms with Crippen LogP contribution in [0.2, 0.25) is 0 Å². The molecule has 0 radical (unpaired) electrons. The van der Waals surface area contributed by atoms with Gasteiger partial charge in [-0.25, -0.2) is 4.79 Å². The Kier molecular flexibility index (Phi) is 4.75. The Hall–Kier alpha value is -3.54. The van der Waals surface area contributed by atoms with Crippen molar-refractivity contribution in [1.29, 1.82) is 0 Å². The first kappa shape index (κ1) is 18.5. The fourth-order valence-corrected chi connectivity index (χ4v) is 4.08. The van der Waals surface area contributed by atoms with E-state index in [1.165, 1.54) is 12.5 Å². The summed E-state index contributed by atoms with van der Waals surface area (Å²) in [7, 11) is 0. The molecule has 3 unspecified atom stereocenters. The Morgan fingerprint density at radius 1 is 1.00 bits per heavy atom. The summed E-state index contributed by atoms with van der Waals surface area (Å²) < 4.78 is 22.2. The number of fused-ring (bicyclic) bond motifs is 2. The number of esters is 1. The van der Waals surface area contributed by atoms with E-state index in [4.69, 9.17) is 18.6 Å². The van der Waals surface area contributed by atoms with Crippen LogP contribution in [0.3, 0.4) is 0 Å². The van der Waals surface area contributed by atoms with E-state index in [2.05, 4.69) is 0 Å². The van der Waals surface area contributed by atoms with Crippen molar-refractivity contribution in [3.05, 3.63) is 78.6 Å². The quantitative estimate of drug-likeness (QED) is 0.590. The molecule has 2 aromatic carbocycles. The molecule has 1 aliphatic carbocycles. The van der Waals surface area contributed by atoms with Gasteiger partial charge in [-0.05, 0) is 47.9 Å². The summed E-state index contributed by atoms with van der Waals surface area (Å²) in [6.45, 7) is 0. The largest absolute Gasteiger partial charge is 0.493 e. The van der Waals surface area contributed by atoms with Crippen LogP contribution in [-0.4, -0.2) is 24.0 Å². The second-order valence-corrected chi connectivity index (χ2v) is 7.56. The van der Waals surface area contributed by atoms with E-state index in [1.807, 2.05) is 42.5 Å². The van der Waals surface area contributed by atoms with Crippen molar-refractivity contribution in [3.8, 4) is 5.75 Å². The standard InChI is InChI=1S/C24H20O6/c25-23-19-10-9-18(30-24(26)20-6-3-11-27-20)13-21(19)28-14-22(23)29-17-8-7-15-4-1-2-5-16(15)12-17/h1-8,11-12,14,18-19,21H,9-10,13H2. The molecule has 1 saturated carbocycles. The first-order valence-corrected chi connectivity index (χ1v) is 9.98. The van der Waals surface area contributed by atoms with Gasteiger partial charge in [0.15, 0.2) is 0 Å². The maximum absolute atomic E-state index is 12.9. The Labute approximate surface area is 173 Å². The second kappa shape index (κ2) is 7.71. The summed E-state index contributed by atoms with van der Waals surface area (Å²) in [4.78, 5) is 25.0. The van der Waals surface area contributed by atoms with Crippen molar-refractivity contribution in [3.63, 3.8) is 0 Å². The van der Waals surface area contributed by atoms with Crippen molar-refractivity contribution in [1.82, 2.24) is 0 Å². The third-order valence-corrected chi connectivity index (χ3v) is 5.62. The number of hydrogen-bond acceptors (Lipinski definition) is 6. The van der Waals surface area contributed by atoms with Gasteiger partial charge in [0.1, 0.15) is 24.2 Å². The lowest BCUT2D eigenvalue weighted by atomic mass is 9.80. The number of allylic oxidation sites excluding steroid dienone is 1. The van der Waals surface area contributed by atoms with E-state index in [1.54, 1.807) is 12.1 Å². The van der Waals surface area contributed by atoms with E-state index < -0.39 is 5.97 Å². The number of rotatable bonds is 4. The highest BCUT2D eigenvalue weighted by Crippen LogP contribution is 2.35. The highest BCUT2D eigenvalue weighted by Gasteiger charge is 2.42. The second-order valence-electron chi connectivity index (χ2n) is 7.56. The Morgan fingerprint density at radius 3 is 2.70 bits per heavy atom. The van der Waals surface area contributed by atoms with E-state index in [0.29, 0.717) is 25.0 Å². The molecule has 5 rings (SSSR count). The molecule has 152 valence electrons. The Bertz CT molecular complexity index is 1110. The Morgan fingerprint density at radius 2 is 1.87 bits per heavy atom. The van der Waals surface area contributed by atoms with Gasteiger partial charge in [0, 0.05) is 6.42 Å². The Balaban J connectivity index is 1.25. The maximum atomic E-state index is 12.9. The lowest BCUT2D eigenvalue weighted by Gasteiger charge is -2.36. The van der Waals surface area contributed by atoms with Gasteiger partial charge in [0.05, 0.1) is 12.2 Å². The smallest absolute Gasteiger partial charge is 0.374 e. The molecular weight excluding hydrogens is 384 g/mol. The predicted molar refractivity (Wildman–Crippen MR) is 108 cm³/mol. The fourth-order valence-electron chi connectivity index (χ4n) is 4.08. The molecule has 2 aliphatic rings. The summed E-state index contributed by atoms with van der Waals surface area (Å²) in [6.07, 6.45) is 3.79. The zero-order valence-corrected chi connectivity index (χ0v) is 16.2. The molecule has 3 atom stereocenters.